The van der Waals surface area contributed by atoms with Gasteiger partial charge in [-0.2, -0.15) is 0 Å². The van der Waals surface area contributed by atoms with Crippen molar-refractivity contribution >= 4 is 15.9 Å². The summed E-state index contributed by atoms with van der Waals surface area (Å²) < 4.78 is 1.03. The van der Waals surface area contributed by atoms with Gasteiger partial charge in [0.1, 0.15) is 0 Å². The molecule has 0 aliphatic heterocycles. The van der Waals surface area contributed by atoms with Crippen molar-refractivity contribution in [2.45, 2.75) is 33.6 Å². The van der Waals surface area contributed by atoms with Crippen molar-refractivity contribution in [3.05, 3.63) is 21.8 Å². The van der Waals surface area contributed by atoms with E-state index in [1.54, 1.807) is 0 Å². The predicted molar refractivity (Wildman–Crippen MR) is 54.5 cm³/mol. The molecular formula is C9H16BrN. The first-order valence-corrected chi connectivity index (χ1v) is 4.74. The van der Waals surface area contributed by atoms with Crippen LogP contribution >= 0.6 is 15.9 Å². The highest BCUT2D eigenvalue weighted by atomic mass is 79.9. The van der Waals surface area contributed by atoms with E-state index in [1.165, 1.54) is 5.57 Å². The summed E-state index contributed by atoms with van der Waals surface area (Å²) in [5.74, 6) is 0. The number of halogens is 1. The lowest BCUT2D eigenvalue weighted by Crippen LogP contribution is -2.00. The third-order valence-corrected chi connectivity index (χ3v) is 2.38. The zero-order valence-electron chi connectivity index (χ0n) is 7.45. The van der Waals surface area contributed by atoms with Crippen LogP contribution in [-0.4, -0.2) is 0 Å². The van der Waals surface area contributed by atoms with Crippen LogP contribution in [0.4, 0.5) is 0 Å². The van der Waals surface area contributed by atoms with Crippen LogP contribution in [-0.2, 0) is 0 Å². The summed E-state index contributed by atoms with van der Waals surface area (Å²) in [7, 11) is 0. The Labute approximate surface area is 77.5 Å². The highest BCUT2D eigenvalue weighted by molar-refractivity contribution is 9.12. The minimum absolute atomic E-state index is 0.884. The summed E-state index contributed by atoms with van der Waals surface area (Å²) in [4.78, 5) is 0. The standard InChI is InChI=1S/C9H16BrN/c1-4-6-8(10)9(11)7(3)5-2/h6H,4-5,11H2,1-3H3/b8-6+,9-7-. The van der Waals surface area contributed by atoms with Gasteiger partial charge >= 0.3 is 0 Å². The lowest BCUT2D eigenvalue weighted by Gasteiger charge is -2.03. The van der Waals surface area contributed by atoms with E-state index in [0.717, 1.165) is 23.0 Å². The van der Waals surface area contributed by atoms with E-state index >= 15 is 0 Å². The fourth-order valence-corrected chi connectivity index (χ4v) is 1.35. The molecule has 0 amide bonds. The molecule has 11 heavy (non-hydrogen) atoms. The fourth-order valence-electron chi connectivity index (χ4n) is 0.683. The minimum Gasteiger partial charge on any atom is -0.398 e. The van der Waals surface area contributed by atoms with Crippen molar-refractivity contribution in [1.82, 2.24) is 0 Å². The van der Waals surface area contributed by atoms with Crippen LogP contribution < -0.4 is 5.73 Å². The van der Waals surface area contributed by atoms with Crippen molar-refractivity contribution in [3.8, 4) is 0 Å². The average Bonchev–Trinajstić information content (AvgIpc) is 2.02. The van der Waals surface area contributed by atoms with Crippen LogP contribution in [0, 0.1) is 0 Å². The molecule has 0 atom stereocenters. The van der Waals surface area contributed by atoms with Crippen molar-refractivity contribution in [3.63, 3.8) is 0 Å². The molecule has 0 aromatic rings. The SMILES string of the molecule is CC/C=C(Br)\C(N)=C(/C)CC. The summed E-state index contributed by atoms with van der Waals surface area (Å²) in [6.45, 7) is 6.25. The molecule has 0 aliphatic carbocycles. The van der Waals surface area contributed by atoms with Gasteiger partial charge < -0.3 is 5.73 Å². The average molecular weight is 218 g/mol. The lowest BCUT2D eigenvalue weighted by molar-refractivity contribution is 1.05. The first-order valence-electron chi connectivity index (χ1n) is 3.94. The second kappa shape index (κ2) is 5.42. The molecule has 0 spiro atoms. The third-order valence-electron chi connectivity index (χ3n) is 1.63. The van der Waals surface area contributed by atoms with Crippen LogP contribution in [0.2, 0.25) is 0 Å². The largest absolute Gasteiger partial charge is 0.398 e. The van der Waals surface area contributed by atoms with E-state index < -0.39 is 0 Å². The van der Waals surface area contributed by atoms with Crippen LogP contribution in [0.15, 0.2) is 21.8 Å². The number of hydrogen-bond acceptors (Lipinski definition) is 1. The molecule has 2 N–H and O–H groups in total. The Balaban J connectivity index is 4.46. The first-order chi connectivity index (χ1) is 5.13. The van der Waals surface area contributed by atoms with Crippen molar-refractivity contribution in [1.29, 1.82) is 0 Å². The Hall–Kier alpha value is -0.240. The predicted octanol–water partition coefficient (Wildman–Crippen LogP) is 3.32. The Morgan fingerprint density at radius 3 is 2.36 bits per heavy atom. The van der Waals surface area contributed by atoms with E-state index in [2.05, 4.69) is 42.8 Å². The van der Waals surface area contributed by atoms with Gasteiger partial charge in [0.05, 0.1) is 0 Å². The summed E-state index contributed by atoms with van der Waals surface area (Å²) >= 11 is 3.42. The first kappa shape index (κ1) is 10.8. The molecule has 0 aromatic carbocycles. The fraction of sp³-hybridized carbons (Fsp3) is 0.556. The van der Waals surface area contributed by atoms with Crippen molar-refractivity contribution < 1.29 is 0 Å². The van der Waals surface area contributed by atoms with E-state index in [1.807, 2.05) is 0 Å². The highest BCUT2D eigenvalue weighted by Crippen LogP contribution is 2.17. The van der Waals surface area contributed by atoms with Crippen molar-refractivity contribution in [2.75, 3.05) is 0 Å². The maximum Gasteiger partial charge on any atom is 0.0444 e. The van der Waals surface area contributed by atoms with Gasteiger partial charge in [-0.1, -0.05) is 19.9 Å². The van der Waals surface area contributed by atoms with E-state index in [0.29, 0.717) is 0 Å². The highest BCUT2D eigenvalue weighted by Gasteiger charge is 1.98. The Morgan fingerprint density at radius 2 is 2.00 bits per heavy atom. The van der Waals surface area contributed by atoms with Gasteiger partial charge in [0, 0.05) is 10.2 Å². The maximum atomic E-state index is 5.82. The lowest BCUT2D eigenvalue weighted by atomic mass is 10.2. The summed E-state index contributed by atoms with van der Waals surface area (Å²) in [5, 5.41) is 0. The Morgan fingerprint density at radius 1 is 1.45 bits per heavy atom. The van der Waals surface area contributed by atoms with Gasteiger partial charge in [0.15, 0.2) is 0 Å². The van der Waals surface area contributed by atoms with E-state index in [-0.39, 0.29) is 0 Å². The molecule has 0 saturated carbocycles. The minimum atomic E-state index is 0.884. The van der Waals surface area contributed by atoms with E-state index in [4.69, 9.17) is 5.73 Å². The number of allylic oxidation sites excluding steroid dienone is 3. The summed E-state index contributed by atoms with van der Waals surface area (Å²) in [6.07, 6.45) is 4.10. The third kappa shape index (κ3) is 3.61. The van der Waals surface area contributed by atoms with Crippen LogP contribution in [0.3, 0.4) is 0 Å². The zero-order valence-corrected chi connectivity index (χ0v) is 9.03. The van der Waals surface area contributed by atoms with E-state index in [9.17, 15) is 0 Å². The van der Waals surface area contributed by atoms with Gasteiger partial charge in [-0.05, 0) is 41.3 Å². The van der Waals surface area contributed by atoms with Crippen LogP contribution in [0.1, 0.15) is 33.6 Å². The summed E-state index contributed by atoms with van der Waals surface area (Å²) in [6, 6.07) is 0. The quantitative estimate of drug-likeness (QED) is 0.722. The molecule has 0 fully saturated rings. The molecule has 64 valence electrons. The van der Waals surface area contributed by atoms with Gasteiger partial charge in [-0.15, -0.1) is 0 Å². The topological polar surface area (TPSA) is 26.0 Å². The Kier molecular flexibility index (Phi) is 5.30. The molecule has 0 aliphatic rings. The molecule has 0 bridgehead atoms. The molecule has 2 heteroatoms. The molecule has 0 heterocycles. The molecule has 0 unspecified atom stereocenters. The Bertz CT molecular complexity index is 180. The van der Waals surface area contributed by atoms with Gasteiger partial charge in [-0.25, -0.2) is 0 Å². The van der Waals surface area contributed by atoms with Crippen LogP contribution in [0.25, 0.3) is 0 Å². The number of rotatable bonds is 3. The molecule has 0 aromatic heterocycles. The maximum absolute atomic E-state index is 5.82. The second-order valence-corrected chi connectivity index (χ2v) is 3.36. The van der Waals surface area contributed by atoms with Gasteiger partial charge in [0.2, 0.25) is 0 Å². The van der Waals surface area contributed by atoms with Gasteiger partial charge in [0.25, 0.3) is 0 Å². The number of hydrogen-bond donors (Lipinski definition) is 1. The zero-order chi connectivity index (χ0) is 8.85. The van der Waals surface area contributed by atoms with Crippen molar-refractivity contribution in [2.24, 2.45) is 5.73 Å². The molecule has 0 saturated heterocycles. The molecule has 0 radical (unpaired) electrons. The normalized spacial score (nSPS) is 14.7. The molecule has 1 nitrogen and oxygen atoms in total. The smallest absolute Gasteiger partial charge is 0.0444 e. The van der Waals surface area contributed by atoms with Gasteiger partial charge in [-0.3, -0.25) is 0 Å². The molecular weight excluding hydrogens is 202 g/mol. The number of nitrogens with two attached hydrogens (primary N) is 1. The second-order valence-electron chi connectivity index (χ2n) is 2.51. The van der Waals surface area contributed by atoms with Crippen LogP contribution in [0.5, 0.6) is 0 Å². The monoisotopic (exact) mass is 217 g/mol. The summed E-state index contributed by atoms with van der Waals surface area (Å²) in [5.41, 5.74) is 7.94. The molecule has 0 rings (SSSR count).